The number of ether oxygens (including phenoxy) is 1. The maximum atomic E-state index is 13.2. The monoisotopic (exact) mass is 380 g/mol. The third-order valence-corrected chi connectivity index (χ3v) is 5.67. The fraction of sp³-hybridized carbons (Fsp3) is 0.417. The number of hydrogen-bond donors (Lipinski definition) is 1. The van der Waals surface area contributed by atoms with Crippen molar-refractivity contribution in [2.45, 2.75) is 40.2 Å². The van der Waals surface area contributed by atoms with Crippen molar-refractivity contribution in [1.82, 2.24) is 0 Å². The number of esters is 1. The van der Waals surface area contributed by atoms with E-state index < -0.39 is 29.9 Å². The van der Waals surface area contributed by atoms with Gasteiger partial charge >= 0.3 is 11.9 Å². The van der Waals surface area contributed by atoms with Gasteiger partial charge in [0.25, 0.3) is 0 Å². The fourth-order valence-electron chi connectivity index (χ4n) is 4.28. The van der Waals surface area contributed by atoms with Gasteiger partial charge in [0.05, 0.1) is 11.8 Å². The lowest BCUT2D eigenvalue weighted by molar-refractivity contribution is -0.164. The summed E-state index contributed by atoms with van der Waals surface area (Å²) in [6, 6.07) is 16.0. The highest BCUT2D eigenvalue weighted by molar-refractivity contribution is 5.82. The lowest BCUT2D eigenvalue weighted by Crippen LogP contribution is -2.38. The van der Waals surface area contributed by atoms with Crippen molar-refractivity contribution in [3.05, 3.63) is 70.8 Å². The zero-order valence-electron chi connectivity index (χ0n) is 16.9. The number of fused-ring (bicyclic) bond motifs is 2. The van der Waals surface area contributed by atoms with Crippen LogP contribution in [0.4, 0.5) is 0 Å². The fourth-order valence-corrected chi connectivity index (χ4v) is 4.28. The number of carbonyl (C=O) groups is 2. The van der Waals surface area contributed by atoms with Crippen LogP contribution in [-0.2, 0) is 20.7 Å². The first-order valence-corrected chi connectivity index (χ1v) is 9.90. The number of carboxylic acid groups (broad SMARTS) is 1. The van der Waals surface area contributed by atoms with Gasteiger partial charge in [0.1, 0.15) is 0 Å². The molecule has 0 aromatic heterocycles. The van der Waals surface area contributed by atoms with Crippen LogP contribution in [-0.4, -0.2) is 17.0 Å². The zero-order chi connectivity index (χ0) is 20.4. The zero-order valence-corrected chi connectivity index (χ0v) is 16.9. The Morgan fingerprint density at radius 2 is 1.32 bits per heavy atom. The lowest BCUT2D eigenvalue weighted by atomic mass is 9.77. The molecule has 2 aromatic carbocycles. The minimum atomic E-state index is -0.949. The number of rotatable bonds is 6. The van der Waals surface area contributed by atoms with Gasteiger partial charge in [0, 0.05) is 11.1 Å². The molecule has 28 heavy (non-hydrogen) atoms. The molecule has 2 unspecified atom stereocenters. The Morgan fingerprint density at radius 1 is 0.857 bits per heavy atom. The molecular formula is C24H28O4. The Morgan fingerprint density at radius 3 is 1.75 bits per heavy atom. The van der Waals surface area contributed by atoms with Gasteiger partial charge in [0.15, 0.2) is 6.10 Å². The molecule has 0 saturated carbocycles. The van der Waals surface area contributed by atoms with Gasteiger partial charge in [-0.05, 0) is 29.4 Å². The molecular weight excluding hydrogens is 352 g/mol. The molecule has 1 aliphatic carbocycles. The average molecular weight is 380 g/mol. The van der Waals surface area contributed by atoms with E-state index in [1.165, 1.54) is 0 Å². The van der Waals surface area contributed by atoms with Crippen LogP contribution in [0.3, 0.4) is 0 Å². The topological polar surface area (TPSA) is 63.6 Å². The van der Waals surface area contributed by atoms with Crippen LogP contribution in [0, 0.1) is 23.7 Å². The molecule has 0 radical (unpaired) electrons. The van der Waals surface area contributed by atoms with Crippen molar-refractivity contribution < 1.29 is 19.4 Å². The molecule has 2 atom stereocenters. The van der Waals surface area contributed by atoms with Gasteiger partial charge in [-0.15, -0.1) is 0 Å². The summed E-state index contributed by atoms with van der Waals surface area (Å²) in [4.78, 5) is 25.1. The first kappa shape index (κ1) is 20.1. The number of carbonyl (C=O) groups excluding carboxylic acids is 1. The molecule has 148 valence electrons. The van der Waals surface area contributed by atoms with E-state index in [-0.39, 0.29) is 11.8 Å². The molecule has 0 spiro atoms. The van der Waals surface area contributed by atoms with Gasteiger partial charge in [-0.25, -0.2) is 0 Å². The molecule has 0 heterocycles. The summed E-state index contributed by atoms with van der Waals surface area (Å²) < 4.78 is 6.05. The van der Waals surface area contributed by atoms with E-state index in [1.54, 1.807) is 0 Å². The predicted octanol–water partition coefficient (Wildman–Crippen LogP) is 4.85. The van der Waals surface area contributed by atoms with Gasteiger partial charge < -0.3 is 9.84 Å². The number of aliphatic carboxylic acids is 1. The Bertz CT molecular complexity index is 823. The molecule has 4 nitrogen and oxygen atoms in total. The minimum Gasteiger partial charge on any atom is -0.481 e. The SMILES string of the molecule is CC(C)C(C(=O)O)C(C(=O)OC1c2ccccc2Cc2ccccc21)C(C)C. The van der Waals surface area contributed by atoms with E-state index in [2.05, 4.69) is 12.1 Å². The summed E-state index contributed by atoms with van der Waals surface area (Å²) in [5.74, 6) is -3.16. The van der Waals surface area contributed by atoms with Crippen molar-refractivity contribution in [3.8, 4) is 0 Å². The van der Waals surface area contributed by atoms with E-state index >= 15 is 0 Å². The summed E-state index contributed by atoms with van der Waals surface area (Å²) in [7, 11) is 0. The quantitative estimate of drug-likeness (QED) is 0.728. The van der Waals surface area contributed by atoms with Crippen LogP contribution in [0.5, 0.6) is 0 Å². The van der Waals surface area contributed by atoms with Crippen LogP contribution < -0.4 is 0 Å². The molecule has 2 aromatic rings. The lowest BCUT2D eigenvalue weighted by Gasteiger charge is -2.32. The molecule has 1 N–H and O–H groups in total. The Labute approximate surface area is 166 Å². The molecule has 3 rings (SSSR count). The van der Waals surface area contributed by atoms with Crippen LogP contribution in [0.2, 0.25) is 0 Å². The number of hydrogen-bond acceptors (Lipinski definition) is 3. The van der Waals surface area contributed by atoms with E-state index in [0.29, 0.717) is 0 Å². The molecule has 1 aliphatic rings. The van der Waals surface area contributed by atoms with Crippen LogP contribution in [0.15, 0.2) is 48.5 Å². The summed E-state index contributed by atoms with van der Waals surface area (Å²) in [5, 5.41) is 9.73. The van der Waals surface area contributed by atoms with Gasteiger partial charge in [-0.2, -0.15) is 0 Å². The van der Waals surface area contributed by atoms with Crippen LogP contribution >= 0.6 is 0 Å². The first-order chi connectivity index (χ1) is 13.3. The first-order valence-electron chi connectivity index (χ1n) is 9.90. The summed E-state index contributed by atoms with van der Waals surface area (Å²) in [5.41, 5.74) is 4.24. The molecule has 0 amide bonds. The third kappa shape index (κ3) is 3.82. The number of carboxylic acids is 1. The largest absolute Gasteiger partial charge is 0.481 e. The highest BCUT2D eigenvalue weighted by Gasteiger charge is 2.41. The predicted molar refractivity (Wildman–Crippen MR) is 108 cm³/mol. The van der Waals surface area contributed by atoms with Gasteiger partial charge in [-0.3, -0.25) is 9.59 Å². The van der Waals surface area contributed by atoms with Crippen molar-refractivity contribution in [2.75, 3.05) is 0 Å². The molecule has 0 bridgehead atoms. The van der Waals surface area contributed by atoms with Crippen molar-refractivity contribution in [1.29, 1.82) is 0 Å². The second-order valence-electron chi connectivity index (χ2n) is 8.27. The van der Waals surface area contributed by atoms with E-state index in [9.17, 15) is 14.7 Å². The maximum Gasteiger partial charge on any atom is 0.311 e. The van der Waals surface area contributed by atoms with E-state index in [0.717, 1.165) is 28.7 Å². The van der Waals surface area contributed by atoms with Crippen LogP contribution in [0.25, 0.3) is 0 Å². The van der Waals surface area contributed by atoms with Gasteiger partial charge in [0.2, 0.25) is 0 Å². The normalized spacial score (nSPS) is 15.6. The number of benzene rings is 2. The standard InChI is InChI=1S/C24H28O4/c1-14(2)20(23(25)26)21(15(3)4)24(27)28-22-18-11-7-5-9-16(18)13-17-10-6-8-12-19(17)22/h5-12,14-15,20-22H,13H2,1-4H3,(H,25,26). The van der Waals surface area contributed by atoms with Gasteiger partial charge in [-0.1, -0.05) is 76.2 Å². The summed E-state index contributed by atoms with van der Waals surface area (Å²) in [6.07, 6.45) is 0.300. The molecule has 4 heteroatoms. The smallest absolute Gasteiger partial charge is 0.311 e. The molecule has 0 fully saturated rings. The third-order valence-electron chi connectivity index (χ3n) is 5.67. The summed E-state index contributed by atoms with van der Waals surface area (Å²) >= 11 is 0. The molecule has 0 saturated heterocycles. The van der Waals surface area contributed by atoms with Crippen LogP contribution in [0.1, 0.15) is 56.1 Å². The highest BCUT2D eigenvalue weighted by Crippen LogP contribution is 2.39. The van der Waals surface area contributed by atoms with Crippen molar-refractivity contribution >= 4 is 11.9 Å². The highest BCUT2D eigenvalue weighted by atomic mass is 16.5. The maximum absolute atomic E-state index is 13.2. The van der Waals surface area contributed by atoms with E-state index in [1.807, 2.05) is 64.1 Å². The minimum absolute atomic E-state index is 0.134. The Hall–Kier alpha value is -2.62. The molecule has 0 aliphatic heterocycles. The average Bonchev–Trinajstić information content (AvgIpc) is 2.64. The summed E-state index contributed by atoms with van der Waals surface area (Å²) in [6.45, 7) is 7.44. The van der Waals surface area contributed by atoms with Crippen molar-refractivity contribution in [2.24, 2.45) is 23.7 Å². The van der Waals surface area contributed by atoms with E-state index in [4.69, 9.17) is 4.74 Å². The second-order valence-corrected chi connectivity index (χ2v) is 8.27. The Balaban J connectivity index is 1.98. The van der Waals surface area contributed by atoms with Crippen molar-refractivity contribution in [3.63, 3.8) is 0 Å². The second kappa shape index (κ2) is 8.17. The Kier molecular flexibility index (Phi) is 5.87.